The fourth-order valence-corrected chi connectivity index (χ4v) is 2.72. The molecule has 0 bridgehead atoms. The minimum absolute atomic E-state index is 0.546. The Kier molecular flexibility index (Phi) is 4.69. The first-order chi connectivity index (χ1) is 8.56. The van der Waals surface area contributed by atoms with Crippen molar-refractivity contribution in [3.63, 3.8) is 0 Å². The normalized spacial score (nSPS) is 10.6. The number of nitrogen functional groups attached to an aromatic ring is 1. The summed E-state index contributed by atoms with van der Waals surface area (Å²) in [4.78, 5) is 9.79. The first kappa shape index (κ1) is 13.9. The second-order valence-electron chi connectivity index (χ2n) is 3.67. The number of anilines is 1. The third kappa shape index (κ3) is 3.49. The van der Waals surface area contributed by atoms with Crippen LogP contribution in [0.3, 0.4) is 0 Å². The van der Waals surface area contributed by atoms with Crippen molar-refractivity contribution in [1.29, 1.82) is 0 Å². The van der Waals surface area contributed by atoms with Crippen molar-refractivity contribution < 1.29 is 0 Å². The quantitative estimate of drug-likeness (QED) is 0.636. The van der Waals surface area contributed by atoms with E-state index in [1.807, 2.05) is 31.2 Å². The van der Waals surface area contributed by atoms with Crippen LogP contribution in [0, 0.1) is 10.5 Å². The zero-order valence-electron chi connectivity index (χ0n) is 9.65. The molecule has 0 saturated heterocycles. The molecular formula is C12H11ClIN3S. The molecule has 0 fully saturated rings. The molecule has 1 aromatic heterocycles. The summed E-state index contributed by atoms with van der Waals surface area (Å²) in [7, 11) is 0. The highest BCUT2D eigenvalue weighted by Crippen LogP contribution is 2.25. The molecule has 0 aliphatic carbocycles. The standard InChI is InChI=1S/C12H11ClIN3S/c1-7-11(14)12(15)17-10(16-7)6-18-9-4-2-3-8(13)5-9/h2-5H,6H2,1H3,(H2,15,16,17). The number of thioether (sulfide) groups is 1. The van der Waals surface area contributed by atoms with E-state index in [-0.39, 0.29) is 0 Å². The van der Waals surface area contributed by atoms with E-state index in [1.54, 1.807) is 11.8 Å². The Hall–Kier alpha value is -0.530. The molecule has 94 valence electrons. The highest BCUT2D eigenvalue weighted by molar-refractivity contribution is 14.1. The van der Waals surface area contributed by atoms with Crippen LogP contribution in [0.1, 0.15) is 11.5 Å². The molecule has 3 nitrogen and oxygen atoms in total. The average Bonchev–Trinajstić information content (AvgIpc) is 2.33. The van der Waals surface area contributed by atoms with Crippen molar-refractivity contribution in [2.45, 2.75) is 17.6 Å². The Labute approximate surface area is 129 Å². The third-order valence-electron chi connectivity index (χ3n) is 2.25. The summed E-state index contributed by atoms with van der Waals surface area (Å²) in [5.74, 6) is 1.97. The van der Waals surface area contributed by atoms with Gasteiger partial charge in [0, 0.05) is 9.92 Å². The molecule has 0 aliphatic rings. The zero-order valence-corrected chi connectivity index (χ0v) is 13.4. The largest absolute Gasteiger partial charge is 0.383 e. The number of halogens is 2. The van der Waals surface area contributed by atoms with E-state index in [1.165, 1.54) is 0 Å². The van der Waals surface area contributed by atoms with Gasteiger partial charge in [-0.25, -0.2) is 9.97 Å². The molecule has 18 heavy (non-hydrogen) atoms. The number of hydrogen-bond donors (Lipinski definition) is 1. The van der Waals surface area contributed by atoms with Gasteiger partial charge in [-0.2, -0.15) is 0 Å². The van der Waals surface area contributed by atoms with Gasteiger partial charge in [0.05, 0.1) is 15.0 Å². The maximum Gasteiger partial charge on any atom is 0.141 e. The smallest absolute Gasteiger partial charge is 0.141 e. The van der Waals surface area contributed by atoms with E-state index in [9.17, 15) is 0 Å². The van der Waals surface area contributed by atoms with Crippen molar-refractivity contribution in [1.82, 2.24) is 9.97 Å². The van der Waals surface area contributed by atoms with Gasteiger partial charge in [0.25, 0.3) is 0 Å². The molecule has 0 spiro atoms. The van der Waals surface area contributed by atoms with Crippen LogP contribution in [0.25, 0.3) is 0 Å². The SMILES string of the molecule is Cc1nc(CSc2cccc(Cl)c2)nc(N)c1I. The molecular weight excluding hydrogens is 381 g/mol. The van der Waals surface area contributed by atoms with Crippen LogP contribution < -0.4 is 5.73 Å². The minimum Gasteiger partial charge on any atom is -0.383 e. The first-order valence-corrected chi connectivity index (χ1v) is 7.67. The van der Waals surface area contributed by atoms with Gasteiger partial charge in [0.1, 0.15) is 11.6 Å². The molecule has 2 N–H and O–H groups in total. The van der Waals surface area contributed by atoms with Crippen molar-refractivity contribution >= 4 is 51.8 Å². The van der Waals surface area contributed by atoms with Gasteiger partial charge >= 0.3 is 0 Å². The lowest BCUT2D eigenvalue weighted by Gasteiger charge is -2.06. The Balaban J connectivity index is 2.11. The predicted octanol–water partition coefficient (Wildman–Crippen LogP) is 3.92. The van der Waals surface area contributed by atoms with E-state index in [0.29, 0.717) is 11.6 Å². The first-order valence-electron chi connectivity index (χ1n) is 5.23. The van der Waals surface area contributed by atoms with Crippen LogP contribution >= 0.6 is 46.0 Å². The molecule has 0 radical (unpaired) electrons. The van der Waals surface area contributed by atoms with E-state index in [0.717, 1.165) is 25.0 Å². The average molecular weight is 392 g/mol. The van der Waals surface area contributed by atoms with Crippen LogP contribution in [0.4, 0.5) is 5.82 Å². The van der Waals surface area contributed by atoms with E-state index >= 15 is 0 Å². The topological polar surface area (TPSA) is 51.8 Å². The fraction of sp³-hybridized carbons (Fsp3) is 0.167. The van der Waals surface area contributed by atoms with Crippen molar-refractivity contribution in [3.05, 3.63) is 44.4 Å². The van der Waals surface area contributed by atoms with Gasteiger partial charge in [-0.05, 0) is 47.7 Å². The summed E-state index contributed by atoms with van der Waals surface area (Å²) in [5, 5.41) is 0.735. The highest BCUT2D eigenvalue weighted by Gasteiger charge is 2.07. The lowest BCUT2D eigenvalue weighted by molar-refractivity contribution is 0.991. The van der Waals surface area contributed by atoms with Gasteiger partial charge in [0.15, 0.2) is 0 Å². The molecule has 1 aromatic carbocycles. The summed E-state index contributed by atoms with van der Waals surface area (Å²) in [5.41, 5.74) is 6.75. The second-order valence-corrected chi connectivity index (χ2v) is 6.23. The van der Waals surface area contributed by atoms with Gasteiger partial charge in [-0.1, -0.05) is 17.7 Å². The van der Waals surface area contributed by atoms with Gasteiger partial charge in [0.2, 0.25) is 0 Å². The minimum atomic E-state index is 0.546. The van der Waals surface area contributed by atoms with Crippen molar-refractivity contribution in [2.24, 2.45) is 0 Å². The van der Waals surface area contributed by atoms with Gasteiger partial charge < -0.3 is 5.73 Å². The van der Waals surface area contributed by atoms with E-state index in [2.05, 4.69) is 32.6 Å². The maximum atomic E-state index is 5.93. The molecule has 6 heteroatoms. The summed E-state index contributed by atoms with van der Waals surface area (Å²) in [6.45, 7) is 1.94. The summed E-state index contributed by atoms with van der Waals surface area (Å²) in [6.07, 6.45) is 0. The van der Waals surface area contributed by atoms with Crippen LogP contribution in [0.5, 0.6) is 0 Å². The monoisotopic (exact) mass is 391 g/mol. The predicted molar refractivity (Wildman–Crippen MR) is 84.9 cm³/mol. The summed E-state index contributed by atoms with van der Waals surface area (Å²) in [6, 6.07) is 7.72. The molecule has 0 unspecified atom stereocenters. The highest BCUT2D eigenvalue weighted by atomic mass is 127. The lowest BCUT2D eigenvalue weighted by atomic mass is 10.4. The fourth-order valence-electron chi connectivity index (χ4n) is 1.41. The number of nitrogens with zero attached hydrogens (tertiary/aromatic N) is 2. The molecule has 2 aromatic rings. The van der Waals surface area contributed by atoms with E-state index in [4.69, 9.17) is 17.3 Å². The van der Waals surface area contributed by atoms with Gasteiger partial charge in [-0.3, -0.25) is 0 Å². The van der Waals surface area contributed by atoms with E-state index < -0.39 is 0 Å². The molecule has 0 aliphatic heterocycles. The van der Waals surface area contributed by atoms with Crippen LogP contribution in [-0.2, 0) is 5.75 Å². The number of nitrogens with two attached hydrogens (primary N) is 1. The number of benzene rings is 1. The van der Waals surface area contributed by atoms with Gasteiger partial charge in [-0.15, -0.1) is 11.8 Å². The number of hydrogen-bond acceptors (Lipinski definition) is 4. The molecule has 0 amide bonds. The maximum absolute atomic E-state index is 5.93. The Bertz CT molecular complexity index is 554. The molecule has 0 saturated carbocycles. The number of aryl methyl sites for hydroxylation is 1. The number of aromatic nitrogens is 2. The lowest BCUT2D eigenvalue weighted by Crippen LogP contribution is -2.04. The van der Waals surface area contributed by atoms with Crippen LogP contribution in [-0.4, -0.2) is 9.97 Å². The Morgan fingerprint density at radius 2 is 2.17 bits per heavy atom. The molecule has 0 atom stereocenters. The summed E-state index contributed by atoms with van der Waals surface area (Å²) < 4.78 is 0.920. The summed E-state index contributed by atoms with van der Waals surface area (Å²) >= 11 is 9.73. The van der Waals surface area contributed by atoms with Crippen LogP contribution in [0.2, 0.25) is 5.02 Å². The second kappa shape index (κ2) is 6.08. The molecule has 1 heterocycles. The Morgan fingerprint density at radius 1 is 1.39 bits per heavy atom. The van der Waals surface area contributed by atoms with Crippen LogP contribution in [0.15, 0.2) is 29.2 Å². The third-order valence-corrected chi connectivity index (χ3v) is 4.81. The number of rotatable bonds is 3. The van der Waals surface area contributed by atoms with Crippen molar-refractivity contribution in [2.75, 3.05) is 5.73 Å². The zero-order chi connectivity index (χ0) is 13.1. The molecule has 2 rings (SSSR count). The Morgan fingerprint density at radius 3 is 2.83 bits per heavy atom. The van der Waals surface area contributed by atoms with Crippen molar-refractivity contribution in [3.8, 4) is 0 Å².